The molecule has 0 aliphatic heterocycles. The SMILES string of the molecule is CC[C@@H](C)[C@H](NC(=O)OCc1ccccc1)[C@H](CC(=O)O[C@H](C(=O)Oc1c(F)c(F)c(F)c(F)c1F)C(C)C)O[Si](C(C)C)(C(C)C)C(C)C. The molecule has 0 aromatic heterocycles. The zero-order valence-corrected chi connectivity index (χ0v) is 31.4. The van der Waals surface area contributed by atoms with Gasteiger partial charge in [-0.3, -0.25) is 4.79 Å². The second-order valence-corrected chi connectivity index (χ2v) is 19.2. The van der Waals surface area contributed by atoms with Gasteiger partial charge in [-0.15, -0.1) is 0 Å². The van der Waals surface area contributed by atoms with Crippen LogP contribution in [-0.4, -0.2) is 44.6 Å². The number of carbonyl (C=O) groups excluding carboxylic acids is 3. The van der Waals surface area contributed by atoms with Crippen molar-refractivity contribution >= 4 is 26.3 Å². The number of halogens is 5. The van der Waals surface area contributed by atoms with E-state index in [0.29, 0.717) is 6.42 Å². The van der Waals surface area contributed by atoms with Gasteiger partial charge in [0.15, 0.2) is 0 Å². The van der Waals surface area contributed by atoms with Crippen molar-refractivity contribution in [1.29, 1.82) is 0 Å². The van der Waals surface area contributed by atoms with E-state index in [1.165, 1.54) is 13.8 Å². The van der Waals surface area contributed by atoms with Crippen LogP contribution in [0.3, 0.4) is 0 Å². The van der Waals surface area contributed by atoms with E-state index in [4.69, 9.17) is 13.9 Å². The Kier molecular flexibility index (Phi) is 15.9. The van der Waals surface area contributed by atoms with E-state index >= 15 is 0 Å². The Hall–Kier alpha value is -3.52. The highest BCUT2D eigenvalue weighted by molar-refractivity contribution is 6.77. The molecule has 2 aromatic carbocycles. The summed E-state index contributed by atoms with van der Waals surface area (Å²) in [5.41, 5.74) is 0.984. The number of amides is 1. The van der Waals surface area contributed by atoms with Crippen LogP contribution in [0.1, 0.15) is 87.6 Å². The van der Waals surface area contributed by atoms with E-state index in [9.17, 15) is 36.3 Å². The number of alkyl carbamates (subject to hydrolysis) is 1. The summed E-state index contributed by atoms with van der Waals surface area (Å²) in [6.07, 6.45) is -3.40. The molecule has 2 rings (SSSR count). The highest BCUT2D eigenvalue weighted by Crippen LogP contribution is 2.44. The van der Waals surface area contributed by atoms with Gasteiger partial charge in [-0.25, -0.2) is 22.8 Å². The number of hydrogen-bond donors (Lipinski definition) is 1. The minimum absolute atomic E-state index is 0.00262. The Bertz CT molecular complexity index is 1410. The third-order valence-electron chi connectivity index (χ3n) is 9.05. The Morgan fingerprint density at radius 2 is 1.26 bits per heavy atom. The molecule has 0 fully saturated rings. The molecular formula is C36H50F5NO7Si. The van der Waals surface area contributed by atoms with Crippen LogP contribution in [0.4, 0.5) is 26.7 Å². The molecule has 0 bridgehead atoms. The predicted molar refractivity (Wildman–Crippen MR) is 180 cm³/mol. The fraction of sp³-hybridized carbons (Fsp3) is 0.583. The van der Waals surface area contributed by atoms with Crippen molar-refractivity contribution in [2.75, 3.05) is 0 Å². The van der Waals surface area contributed by atoms with Crippen LogP contribution < -0.4 is 10.1 Å². The van der Waals surface area contributed by atoms with E-state index in [2.05, 4.69) is 10.1 Å². The van der Waals surface area contributed by atoms with Crippen molar-refractivity contribution in [2.24, 2.45) is 11.8 Å². The van der Waals surface area contributed by atoms with Crippen molar-refractivity contribution < 1.29 is 55.0 Å². The Morgan fingerprint density at radius 1 is 0.760 bits per heavy atom. The van der Waals surface area contributed by atoms with E-state index in [0.717, 1.165) is 5.56 Å². The van der Waals surface area contributed by atoms with Gasteiger partial charge in [0.2, 0.25) is 49.3 Å². The van der Waals surface area contributed by atoms with Gasteiger partial charge in [0.25, 0.3) is 0 Å². The summed E-state index contributed by atoms with van der Waals surface area (Å²) < 4.78 is 92.3. The molecular weight excluding hydrogens is 681 g/mol. The zero-order chi connectivity index (χ0) is 38.1. The molecule has 8 nitrogen and oxygen atoms in total. The highest BCUT2D eigenvalue weighted by atomic mass is 28.4. The molecule has 280 valence electrons. The molecule has 50 heavy (non-hydrogen) atoms. The Labute approximate surface area is 292 Å². The first kappa shape index (κ1) is 42.6. The van der Waals surface area contributed by atoms with Crippen molar-refractivity contribution in [1.82, 2.24) is 5.32 Å². The third kappa shape index (κ3) is 10.3. The lowest BCUT2D eigenvalue weighted by molar-refractivity contribution is -0.167. The molecule has 0 heterocycles. The van der Waals surface area contributed by atoms with E-state index in [1.54, 1.807) is 12.1 Å². The second-order valence-electron chi connectivity index (χ2n) is 13.8. The second kappa shape index (κ2) is 18.6. The molecule has 0 aliphatic carbocycles. The predicted octanol–water partition coefficient (Wildman–Crippen LogP) is 9.15. The first-order chi connectivity index (χ1) is 23.3. The average molecular weight is 732 g/mol. The fourth-order valence-corrected chi connectivity index (χ4v) is 11.9. The molecule has 14 heteroatoms. The van der Waals surface area contributed by atoms with Crippen LogP contribution in [-0.2, 0) is 30.1 Å². The summed E-state index contributed by atoms with van der Waals surface area (Å²) >= 11 is 0. The number of ether oxygens (including phenoxy) is 3. The molecule has 0 spiro atoms. The van der Waals surface area contributed by atoms with Gasteiger partial charge in [0.05, 0.1) is 18.6 Å². The lowest BCUT2D eigenvalue weighted by Gasteiger charge is -2.46. The number of benzene rings is 2. The summed E-state index contributed by atoms with van der Waals surface area (Å²) in [6, 6.07) is 8.29. The van der Waals surface area contributed by atoms with Crippen LogP contribution in [0.5, 0.6) is 5.75 Å². The number of rotatable bonds is 17. The first-order valence-corrected chi connectivity index (χ1v) is 19.0. The van der Waals surface area contributed by atoms with Crippen molar-refractivity contribution in [3.63, 3.8) is 0 Å². The number of hydrogen-bond acceptors (Lipinski definition) is 7. The van der Waals surface area contributed by atoms with Crippen LogP contribution in [0.15, 0.2) is 30.3 Å². The topological polar surface area (TPSA) is 100 Å². The average Bonchev–Trinajstić information content (AvgIpc) is 3.06. The van der Waals surface area contributed by atoms with Crippen LogP contribution >= 0.6 is 0 Å². The van der Waals surface area contributed by atoms with Gasteiger partial charge < -0.3 is 24.0 Å². The van der Waals surface area contributed by atoms with Gasteiger partial charge in [-0.2, -0.15) is 8.78 Å². The highest BCUT2D eigenvalue weighted by Gasteiger charge is 2.49. The standard InChI is InChI=1S/C36H50F5NO7Si/c1-11-23(10)32(42-36(45)46-18-24-15-13-12-14-16-24)25(49-50(20(4)5,21(6)7)22(8)9)17-26(43)47-33(19(2)3)35(44)48-34-30(40)28(38)27(37)29(39)31(34)41/h12-16,19-23,25,32-33H,11,17-18H2,1-10H3,(H,42,45)/t23-,25+,32+,33+/m1/s1. The minimum Gasteiger partial charge on any atom is -0.450 e. The van der Waals surface area contributed by atoms with Gasteiger partial charge in [-0.05, 0) is 28.1 Å². The van der Waals surface area contributed by atoms with Gasteiger partial charge in [0.1, 0.15) is 6.61 Å². The largest absolute Gasteiger partial charge is 0.450 e. The Morgan fingerprint density at radius 3 is 1.72 bits per heavy atom. The molecule has 1 N–H and O–H groups in total. The molecule has 0 saturated carbocycles. The summed E-state index contributed by atoms with van der Waals surface area (Å²) in [7, 11) is -2.74. The zero-order valence-electron chi connectivity index (χ0n) is 30.4. The van der Waals surface area contributed by atoms with Crippen LogP contribution in [0, 0.1) is 40.9 Å². The van der Waals surface area contributed by atoms with Crippen molar-refractivity contribution in [3.05, 3.63) is 65.0 Å². The van der Waals surface area contributed by atoms with E-state index in [-0.39, 0.29) is 29.1 Å². The molecule has 0 radical (unpaired) electrons. The minimum atomic E-state index is -2.74. The molecule has 0 unspecified atom stereocenters. The Balaban J connectivity index is 2.47. The molecule has 0 saturated heterocycles. The lowest BCUT2D eigenvalue weighted by atomic mass is 9.93. The van der Waals surface area contributed by atoms with Crippen LogP contribution in [0.2, 0.25) is 16.6 Å². The smallest absolute Gasteiger partial charge is 0.407 e. The number of esters is 2. The maximum Gasteiger partial charge on any atom is 0.407 e. The first-order valence-electron chi connectivity index (χ1n) is 16.9. The van der Waals surface area contributed by atoms with E-state index < -0.39 is 91.8 Å². The van der Waals surface area contributed by atoms with Crippen molar-refractivity contribution in [2.45, 2.75) is 124 Å². The summed E-state index contributed by atoms with van der Waals surface area (Å²) in [4.78, 5) is 39.9. The molecule has 0 aliphatic rings. The molecule has 1 amide bonds. The normalized spacial score (nSPS) is 14.5. The number of nitrogens with one attached hydrogen (secondary N) is 1. The number of carbonyl (C=O) groups is 3. The lowest BCUT2D eigenvalue weighted by Crippen LogP contribution is -2.57. The van der Waals surface area contributed by atoms with Crippen LogP contribution in [0.25, 0.3) is 0 Å². The van der Waals surface area contributed by atoms with Gasteiger partial charge >= 0.3 is 18.0 Å². The van der Waals surface area contributed by atoms with Crippen molar-refractivity contribution in [3.8, 4) is 5.75 Å². The van der Waals surface area contributed by atoms with E-state index in [1.807, 2.05) is 73.6 Å². The maximum absolute atomic E-state index is 14.3. The quantitative estimate of drug-likeness (QED) is 0.0433. The summed E-state index contributed by atoms with van der Waals surface area (Å²) in [6.45, 7) is 18.9. The summed E-state index contributed by atoms with van der Waals surface area (Å²) in [5, 5.41) is 2.89. The monoisotopic (exact) mass is 731 g/mol. The molecule has 4 atom stereocenters. The van der Waals surface area contributed by atoms with Gasteiger partial charge in [-0.1, -0.05) is 106 Å². The third-order valence-corrected chi connectivity index (χ3v) is 15.2. The maximum atomic E-state index is 14.3. The fourth-order valence-electron chi connectivity index (χ4n) is 6.31. The summed E-state index contributed by atoms with van der Waals surface area (Å²) in [5.74, 6) is -17.2. The molecule has 2 aromatic rings. The van der Waals surface area contributed by atoms with Gasteiger partial charge in [0, 0.05) is 5.92 Å².